The molecule has 0 aliphatic carbocycles. The fourth-order valence-electron chi connectivity index (χ4n) is 2.88. The van der Waals surface area contributed by atoms with E-state index in [2.05, 4.69) is 20.8 Å². The Kier molecular flexibility index (Phi) is 7.75. The molecule has 8 heteroatoms. The Morgan fingerprint density at radius 3 is 2.55 bits per heavy atom. The van der Waals surface area contributed by atoms with Crippen LogP contribution in [0.3, 0.4) is 0 Å². The van der Waals surface area contributed by atoms with E-state index < -0.39 is 6.04 Å². The van der Waals surface area contributed by atoms with Gasteiger partial charge in [-0.1, -0.05) is 35.5 Å². The zero-order valence-corrected chi connectivity index (χ0v) is 17.6. The van der Waals surface area contributed by atoms with Crippen LogP contribution >= 0.6 is 0 Å². The molecule has 2 N–H and O–H groups in total. The highest BCUT2D eigenvalue weighted by Gasteiger charge is 2.16. The van der Waals surface area contributed by atoms with Crippen LogP contribution in [0.25, 0.3) is 11.4 Å². The Bertz CT molecular complexity index is 986. The Morgan fingerprint density at radius 1 is 1.10 bits per heavy atom. The first-order chi connectivity index (χ1) is 15.0. The molecule has 8 nitrogen and oxygen atoms in total. The number of hydrogen-bond donors (Lipinski definition) is 2. The van der Waals surface area contributed by atoms with Gasteiger partial charge < -0.3 is 19.9 Å². The minimum absolute atomic E-state index is 0.140. The third-order valence-corrected chi connectivity index (χ3v) is 4.54. The second-order valence-corrected chi connectivity index (χ2v) is 6.96. The number of ether oxygens (including phenoxy) is 1. The molecule has 0 saturated carbocycles. The van der Waals surface area contributed by atoms with Gasteiger partial charge in [-0.15, -0.1) is 0 Å². The van der Waals surface area contributed by atoms with Gasteiger partial charge in [0.25, 0.3) is 0 Å². The third-order valence-electron chi connectivity index (χ3n) is 4.54. The maximum absolute atomic E-state index is 12.2. The van der Waals surface area contributed by atoms with Crippen molar-refractivity contribution in [3.63, 3.8) is 0 Å². The summed E-state index contributed by atoms with van der Waals surface area (Å²) in [6.45, 7) is 4.58. The van der Waals surface area contributed by atoms with Gasteiger partial charge in [0.05, 0.1) is 6.61 Å². The maximum Gasteiger partial charge on any atom is 0.242 e. The Labute approximate surface area is 181 Å². The summed E-state index contributed by atoms with van der Waals surface area (Å²) in [5, 5.41) is 9.46. The number of carbonyl (C=O) groups excluding carboxylic acids is 2. The summed E-state index contributed by atoms with van der Waals surface area (Å²) in [6, 6.07) is 16.3. The number of hydrogen-bond acceptors (Lipinski definition) is 6. The highest BCUT2D eigenvalue weighted by molar-refractivity contribution is 5.87. The summed E-state index contributed by atoms with van der Waals surface area (Å²) >= 11 is 0. The number of nitrogens with zero attached hydrogens (tertiary/aromatic N) is 2. The average molecular weight is 422 g/mol. The van der Waals surface area contributed by atoms with Crippen LogP contribution in [0.1, 0.15) is 31.7 Å². The minimum Gasteiger partial charge on any atom is -0.494 e. The fourth-order valence-corrected chi connectivity index (χ4v) is 2.88. The molecule has 0 radical (unpaired) electrons. The van der Waals surface area contributed by atoms with Crippen molar-refractivity contribution in [1.29, 1.82) is 0 Å². The largest absolute Gasteiger partial charge is 0.494 e. The summed E-state index contributed by atoms with van der Waals surface area (Å²) in [4.78, 5) is 28.7. The summed E-state index contributed by atoms with van der Waals surface area (Å²) in [5.74, 6) is 1.08. The molecule has 0 aliphatic heterocycles. The van der Waals surface area contributed by atoms with Crippen LogP contribution in [0, 0.1) is 0 Å². The Hall–Kier alpha value is -3.68. The monoisotopic (exact) mass is 422 g/mol. The number of benzene rings is 2. The molecule has 0 fully saturated rings. The Balaban J connectivity index is 1.43. The molecule has 1 unspecified atom stereocenters. The maximum atomic E-state index is 12.2. The van der Waals surface area contributed by atoms with Crippen molar-refractivity contribution in [3.8, 4) is 17.1 Å². The molecule has 2 amide bonds. The number of amides is 2. The zero-order chi connectivity index (χ0) is 22.1. The number of aryl methyl sites for hydroxylation is 1. The highest BCUT2D eigenvalue weighted by atomic mass is 16.5. The van der Waals surface area contributed by atoms with E-state index in [0.717, 1.165) is 16.9 Å². The number of aromatic nitrogens is 2. The molecule has 3 aromatic rings. The first kappa shape index (κ1) is 22.0. The average Bonchev–Trinajstić information content (AvgIpc) is 3.26. The van der Waals surface area contributed by atoms with Crippen LogP contribution < -0.4 is 15.4 Å². The Morgan fingerprint density at radius 2 is 1.84 bits per heavy atom. The van der Waals surface area contributed by atoms with Gasteiger partial charge in [0.1, 0.15) is 11.8 Å². The van der Waals surface area contributed by atoms with Gasteiger partial charge in [-0.3, -0.25) is 9.59 Å². The van der Waals surface area contributed by atoms with E-state index >= 15 is 0 Å². The van der Waals surface area contributed by atoms with E-state index in [9.17, 15) is 9.59 Å². The quantitative estimate of drug-likeness (QED) is 0.520. The predicted octanol–water partition coefficient (Wildman–Crippen LogP) is 2.89. The van der Waals surface area contributed by atoms with Crippen molar-refractivity contribution in [2.75, 3.05) is 6.61 Å². The summed E-state index contributed by atoms with van der Waals surface area (Å²) < 4.78 is 10.7. The normalized spacial score (nSPS) is 11.5. The van der Waals surface area contributed by atoms with Crippen LogP contribution in [0.15, 0.2) is 59.1 Å². The predicted molar refractivity (Wildman–Crippen MR) is 115 cm³/mol. The molecule has 1 heterocycles. The molecule has 1 atom stereocenters. The fraction of sp³-hybridized carbons (Fsp3) is 0.304. The van der Waals surface area contributed by atoms with Crippen molar-refractivity contribution in [3.05, 3.63) is 66.1 Å². The number of carbonyl (C=O) groups is 2. The molecule has 0 saturated heterocycles. The second kappa shape index (κ2) is 10.9. The topological polar surface area (TPSA) is 106 Å². The van der Waals surface area contributed by atoms with Crippen LogP contribution in [0.5, 0.6) is 5.75 Å². The van der Waals surface area contributed by atoms with Gasteiger partial charge in [-0.25, -0.2) is 0 Å². The molecule has 3 rings (SSSR count). The zero-order valence-electron chi connectivity index (χ0n) is 17.6. The van der Waals surface area contributed by atoms with Crippen molar-refractivity contribution in [1.82, 2.24) is 20.8 Å². The molecule has 162 valence electrons. The van der Waals surface area contributed by atoms with E-state index in [1.807, 2.05) is 61.5 Å². The van der Waals surface area contributed by atoms with Crippen molar-refractivity contribution >= 4 is 11.8 Å². The van der Waals surface area contributed by atoms with Crippen molar-refractivity contribution in [2.45, 2.75) is 39.3 Å². The molecular formula is C23H26N4O4. The second-order valence-electron chi connectivity index (χ2n) is 6.96. The number of nitrogens with one attached hydrogen (secondary N) is 2. The standard InChI is InChI=1S/C23H26N4O4/c1-3-30-19-11-9-18(10-12-19)22-26-21(31-27-22)14-13-20(28)25-16(2)23(29)24-15-17-7-5-4-6-8-17/h4-12,16H,3,13-15H2,1-2H3,(H,24,29)(H,25,28). The molecule has 0 spiro atoms. The van der Waals surface area contributed by atoms with E-state index in [-0.39, 0.29) is 24.7 Å². The van der Waals surface area contributed by atoms with E-state index in [1.54, 1.807) is 6.92 Å². The smallest absolute Gasteiger partial charge is 0.242 e. The lowest BCUT2D eigenvalue weighted by Crippen LogP contribution is -2.44. The first-order valence-corrected chi connectivity index (χ1v) is 10.2. The summed E-state index contributed by atoms with van der Waals surface area (Å²) in [7, 11) is 0. The van der Waals surface area contributed by atoms with Gasteiger partial charge in [0.15, 0.2) is 0 Å². The van der Waals surface area contributed by atoms with Gasteiger partial charge in [-0.05, 0) is 43.7 Å². The molecule has 1 aromatic heterocycles. The first-order valence-electron chi connectivity index (χ1n) is 10.2. The highest BCUT2D eigenvalue weighted by Crippen LogP contribution is 2.20. The van der Waals surface area contributed by atoms with Crippen molar-refractivity contribution < 1.29 is 18.8 Å². The minimum atomic E-state index is -0.640. The van der Waals surface area contributed by atoms with Crippen LogP contribution in [0.4, 0.5) is 0 Å². The summed E-state index contributed by atoms with van der Waals surface area (Å²) in [6.07, 6.45) is 0.426. The van der Waals surface area contributed by atoms with Crippen LogP contribution in [-0.2, 0) is 22.6 Å². The van der Waals surface area contributed by atoms with Crippen LogP contribution in [-0.4, -0.2) is 34.6 Å². The van der Waals surface area contributed by atoms with Crippen molar-refractivity contribution in [2.24, 2.45) is 0 Å². The lowest BCUT2D eigenvalue weighted by molar-refractivity contribution is -0.128. The summed E-state index contributed by atoms with van der Waals surface area (Å²) in [5.41, 5.74) is 1.79. The van der Waals surface area contributed by atoms with Gasteiger partial charge in [0.2, 0.25) is 23.5 Å². The molecule has 31 heavy (non-hydrogen) atoms. The SMILES string of the molecule is CCOc1ccc(-c2noc(CCC(=O)NC(C)C(=O)NCc3ccccc3)n2)cc1. The molecule has 2 aromatic carbocycles. The third kappa shape index (κ3) is 6.67. The van der Waals surface area contributed by atoms with E-state index in [4.69, 9.17) is 9.26 Å². The van der Waals surface area contributed by atoms with Gasteiger partial charge in [-0.2, -0.15) is 4.98 Å². The molecule has 0 aliphatic rings. The number of rotatable bonds is 10. The van der Waals surface area contributed by atoms with E-state index in [0.29, 0.717) is 24.9 Å². The molecule has 0 bridgehead atoms. The molecular weight excluding hydrogens is 396 g/mol. The lowest BCUT2D eigenvalue weighted by atomic mass is 10.2. The lowest BCUT2D eigenvalue weighted by Gasteiger charge is -2.14. The van der Waals surface area contributed by atoms with Gasteiger partial charge >= 0.3 is 0 Å². The van der Waals surface area contributed by atoms with Crippen LogP contribution in [0.2, 0.25) is 0 Å². The van der Waals surface area contributed by atoms with Gasteiger partial charge in [0, 0.05) is 24.9 Å². The van der Waals surface area contributed by atoms with E-state index in [1.165, 1.54) is 0 Å².